The summed E-state index contributed by atoms with van der Waals surface area (Å²) in [4.78, 5) is 10.4. The first-order valence-electron chi connectivity index (χ1n) is 6.35. The highest BCUT2D eigenvalue weighted by molar-refractivity contribution is 5.50. The van der Waals surface area contributed by atoms with Crippen LogP contribution in [0.5, 0.6) is 0 Å². The summed E-state index contributed by atoms with van der Waals surface area (Å²) in [5.41, 5.74) is 0. The first kappa shape index (κ1) is 14.7. The van der Waals surface area contributed by atoms with E-state index in [2.05, 4.69) is 22.2 Å². The van der Waals surface area contributed by atoms with Gasteiger partial charge in [-0.25, -0.2) is 9.97 Å². The van der Waals surface area contributed by atoms with E-state index in [0.29, 0.717) is 18.1 Å². The number of aryl methyl sites for hydroxylation is 1. The normalized spacial score (nSPS) is 9.47. The Labute approximate surface area is 113 Å². The van der Waals surface area contributed by atoms with E-state index in [1.807, 2.05) is 19.1 Å². The predicted octanol–water partition coefficient (Wildman–Crippen LogP) is 1.71. The van der Waals surface area contributed by atoms with E-state index in [0.717, 1.165) is 18.8 Å². The summed E-state index contributed by atoms with van der Waals surface area (Å²) in [6.07, 6.45) is 1.71. The van der Waals surface area contributed by atoms with Crippen molar-refractivity contribution >= 4 is 11.6 Å². The van der Waals surface area contributed by atoms with Crippen LogP contribution >= 0.6 is 0 Å². The van der Waals surface area contributed by atoms with Gasteiger partial charge in [-0.2, -0.15) is 10.5 Å². The number of rotatable bonds is 7. The third kappa shape index (κ3) is 4.44. The number of hydrogen-bond acceptors (Lipinski definition) is 6. The molecule has 1 aromatic rings. The fourth-order valence-electron chi connectivity index (χ4n) is 1.54. The molecule has 0 aromatic carbocycles. The summed E-state index contributed by atoms with van der Waals surface area (Å²) >= 11 is 0. The molecule has 1 N–H and O–H groups in total. The van der Waals surface area contributed by atoms with Crippen LogP contribution in [0.4, 0.5) is 11.6 Å². The van der Waals surface area contributed by atoms with E-state index in [1.165, 1.54) is 0 Å². The molecule has 0 atom stereocenters. The van der Waals surface area contributed by atoms with Crippen LogP contribution in [0, 0.1) is 22.7 Å². The highest BCUT2D eigenvalue weighted by Gasteiger charge is 2.10. The lowest BCUT2D eigenvalue weighted by Gasteiger charge is -2.18. The highest BCUT2D eigenvalue weighted by atomic mass is 15.2. The molecule has 6 heteroatoms. The molecule has 0 saturated carbocycles. The number of nitriles is 2. The summed E-state index contributed by atoms with van der Waals surface area (Å²) < 4.78 is 0. The second-order valence-corrected chi connectivity index (χ2v) is 3.98. The van der Waals surface area contributed by atoms with Gasteiger partial charge in [0, 0.05) is 19.0 Å². The van der Waals surface area contributed by atoms with Gasteiger partial charge in [0.2, 0.25) is 0 Å². The van der Waals surface area contributed by atoms with Gasteiger partial charge in [-0.1, -0.05) is 13.8 Å². The maximum absolute atomic E-state index is 8.80. The summed E-state index contributed by atoms with van der Waals surface area (Å²) in [5, 5.41) is 20.8. The first-order chi connectivity index (χ1) is 9.24. The second-order valence-electron chi connectivity index (χ2n) is 3.98. The van der Waals surface area contributed by atoms with Crippen molar-refractivity contribution in [1.82, 2.24) is 9.97 Å². The molecule has 0 spiro atoms. The molecular formula is C13H18N6. The van der Waals surface area contributed by atoms with Crippen LogP contribution in [-0.2, 0) is 6.42 Å². The number of hydrogen-bond donors (Lipinski definition) is 1. The van der Waals surface area contributed by atoms with Crippen molar-refractivity contribution in [3.05, 3.63) is 11.9 Å². The molecule has 100 valence electrons. The van der Waals surface area contributed by atoms with Crippen LogP contribution in [-0.4, -0.2) is 29.6 Å². The molecular weight excluding hydrogens is 240 g/mol. The second kappa shape index (κ2) is 7.88. The summed E-state index contributed by atoms with van der Waals surface area (Å²) in [6, 6.07) is 5.87. The Balaban J connectivity index is 3.03. The average molecular weight is 258 g/mol. The number of nitrogens with zero attached hydrogens (tertiary/aromatic N) is 5. The van der Waals surface area contributed by atoms with Crippen molar-refractivity contribution in [2.45, 2.75) is 26.7 Å². The van der Waals surface area contributed by atoms with Gasteiger partial charge in [0.1, 0.15) is 30.5 Å². The third-order valence-electron chi connectivity index (χ3n) is 2.48. The van der Waals surface area contributed by atoms with Gasteiger partial charge in [0.15, 0.2) is 0 Å². The smallest absolute Gasteiger partial charge is 0.136 e. The van der Waals surface area contributed by atoms with Gasteiger partial charge in [-0.15, -0.1) is 0 Å². The van der Waals surface area contributed by atoms with Crippen molar-refractivity contribution in [2.75, 3.05) is 29.9 Å². The number of nitrogens with one attached hydrogen (secondary N) is 1. The number of aromatic nitrogens is 2. The SMILES string of the molecule is CCCNc1cc(N(CC#N)CC#N)nc(CC)n1. The van der Waals surface area contributed by atoms with E-state index < -0.39 is 0 Å². The highest BCUT2D eigenvalue weighted by Crippen LogP contribution is 2.16. The van der Waals surface area contributed by atoms with Gasteiger partial charge in [0.05, 0.1) is 12.1 Å². The van der Waals surface area contributed by atoms with Crippen LogP contribution in [0.3, 0.4) is 0 Å². The first-order valence-corrected chi connectivity index (χ1v) is 6.35. The molecule has 0 fully saturated rings. The maximum Gasteiger partial charge on any atom is 0.136 e. The lowest BCUT2D eigenvalue weighted by atomic mass is 10.3. The fraction of sp³-hybridized carbons (Fsp3) is 0.538. The van der Waals surface area contributed by atoms with Crippen LogP contribution in [0.25, 0.3) is 0 Å². The van der Waals surface area contributed by atoms with E-state index in [4.69, 9.17) is 10.5 Å². The summed E-state index contributed by atoms with van der Waals surface area (Å²) in [7, 11) is 0. The Morgan fingerprint density at radius 2 is 1.89 bits per heavy atom. The Morgan fingerprint density at radius 1 is 1.21 bits per heavy atom. The minimum absolute atomic E-state index is 0.140. The van der Waals surface area contributed by atoms with E-state index >= 15 is 0 Å². The summed E-state index contributed by atoms with van der Waals surface area (Å²) in [5.74, 6) is 2.06. The largest absolute Gasteiger partial charge is 0.370 e. The zero-order valence-electron chi connectivity index (χ0n) is 11.3. The topological polar surface area (TPSA) is 88.6 Å². The van der Waals surface area contributed by atoms with E-state index in [9.17, 15) is 0 Å². The van der Waals surface area contributed by atoms with Gasteiger partial charge in [0.25, 0.3) is 0 Å². The fourth-order valence-corrected chi connectivity index (χ4v) is 1.54. The molecule has 0 unspecified atom stereocenters. The minimum Gasteiger partial charge on any atom is -0.370 e. The average Bonchev–Trinajstić information content (AvgIpc) is 2.44. The monoisotopic (exact) mass is 258 g/mol. The molecule has 0 saturated heterocycles. The Bertz CT molecular complexity index is 469. The molecule has 0 aliphatic heterocycles. The van der Waals surface area contributed by atoms with E-state index in [1.54, 1.807) is 11.0 Å². The Kier molecular flexibility index (Phi) is 6.11. The van der Waals surface area contributed by atoms with E-state index in [-0.39, 0.29) is 13.1 Å². The van der Waals surface area contributed by atoms with Crippen LogP contribution in [0.1, 0.15) is 26.1 Å². The molecule has 0 aliphatic carbocycles. The van der Waals surface area contributed by atoms with Crippen molar-refractivity contribution in [3.8, 4) is 12.1 Å². The standard InChI is InChI=1S/C13H18N6/c1-3-7-16-12-10-13(18-11(4-2)17-12)19(8-5-14)9-6-15/h10H,3-4,7-9H2,1-2H3,(H,16,17,18). The van der Waals surface area contributed by atoms with Crippen molar-refractivity contribution < 1.29 is 0 Å². The minimum atomic E-state index is 0.140. The van der Waals surface area contributed by atoms with Crippen molar-refractivity contribution in [1.29, 1.82) is 10.5 Å². The number of anilines is 2. The third-order valence-corrected chi connectivity index (χ3v) is 2.48. The zero-order valence-corrected chi connectivity index (χ0v) is 11.3. The van der Waals surface area contributed by atoms with Gasteiger partial charge < -0.3 is 10.2 Å². The molecule has 0 aliphatic rings. The maximum atomic E-state index is 8.80. The predicted molar refractivity (Wildman–Crippen MR) is 73.6 cm³/mol. The zero-order chi connectivity index (χ0) is 14.1. The quantitative estimate of drug-likeness (QED) is 0.749. The Hall–Kier alpha value is -2.34. The molecule has 19 heavy (non-hydrogen) atoms. The lowest BCUT2D eigenvalue weighted by Crippen LogP contribution is -2.25. The van der Waals surface area contributed by atoms with Gasteiger partial charge in [-0.3, -0.25) is 0 Å². The Morgan fingerprint density at radius 3 is 2.42 bits per heavy atom. The van der Waals surface area contributed by atoms with Crippen LogP contribution in [0.15, 0.2) is 6.07 Å². The molecule has 1 heterocycles. The van der Waals surface area contributed by atoms with Gasteiger partial charge in [-0.05, 0) is 6.42 Å². The van der Waals surface area contributed by atoms with Crippen LogP contribution in [0.2, 0.25) is 0 Å². The lowest BCUT2D eigenvalue weighted by molar-refractivity contribution is 0.872. The molecule has 1 aromatic heterocycles. The molecule has 1 rings (SSSR count). The van der Waals surface area contributed by atoms with Crippen molar-refractivity contribution in [2.24, 2.45) is 0 Å². The van der Waals surface area contributed by atoms with Gasteiger partial charge >= 0.3 is 0 Å². The molecule has 6 nitrogen and oxygen atoms in total. The summed E-state index contributed by atoms with van der Waals surface area (Å²) in [6.45, 7) is 5.16. The molecule has 0 radical (unpaired) electrons. The van der Waals surface area contributed by atoms with Crippen molar-refractivity contribution in [3.63, 3.8) is 0 Å². The molecule has 0 bridgehead atoms. The molecule has 0 amide bonds. The van der Waals surface area contributed by atoms with Crippen LogP contribution < -0.4 is 10.2 Å².